The van der Waals surface area contributed by atoms with E-state index in [0.29, 0.717) is 18.7 Å². The number of halogens is 1. The van der Waals surface area contributed by atoms with E-state index in [9.17, 15) is 14.0 Å². The molecule has 1 fully saturated rings. The van der Waals surface area contributed by atoms with E-state index in [4.69, 9.17) is 4.74 Å². The Morgan fingerprint density at radius 2 is 1.96 bits per heavy atom. The van der Waals surface area contributed by atoms with Gasteiger partial charge in [0, 0.05) is 32.2 Å². The number of nitrogens with one attached hydrogen (secondary N) is 1. The largest absolute Gasteiger partial charge is 0.444 e. The molecule has 1 aliphatic rings. The van der Waals surface area contributed by atoms with Crippen LogP contribution in [0.25, 0.3) is 0 Å². The van der Waals surface area contributed by atoms with Crippen molar-refractivity contribution in [3.8, 4) is 0 Å². The Hall–Kier alpha value is -2.15. The van der Waals surface area contributed by atoms with Gasteiger partial charge in [0.25, 0.3) is 0 Å². The van der Waals surface area contributed by atoms with E-state index >= 15 is 0 Å². The maximum atomic E-state index is 14.4. The summed E-state index contributed by atoms with van der Waals surface area (Å²) >= 11 is 0. The summed E-state index contributed by atoms with van der Waals surface area (Å²) in [4.78, 5) is 28.3. The maximum absolute atomic E-state index is 14.4. The molecule has 0 bridgehead atoms. The van der Waals surface area contributed by atoms with Gasteiger partial charge >= 0.3 is 6.09 Å². The Kier molecular flexibility index (Phi) is 6.81. The highest BCUT2D eigenvalue weighted by atomic mass is 19.1. The molecule has 7 heteroatoms. The standard InChI is InChI=1S/C20H30FN3O3/c1-20(2,3)27-19(26)22-14-9-8-12-24(13-14)17(18(25)23(4)5)15-10-6-7-11-16(15)21/h6-7,10-11,14,17H,8-9,12-13H2,1-5H3,(H,22,26)/t14-,17?/m1/s1. The molecule has 0 aromatic heterocycles. The molecule has 1 saturated heterocycles. The first-order valence-electron chi connectivity index (χ1n) is 9.27. The Labute approximate surface area is 160 Å². The van der Waals surface area contributed by atoms with Gasteiger partial charge in [-0.3, -0.25) is 9.69 Å². The van der Waals surface area contributed by atoms with Gasteiger partial charge in [0.05, 0.1) is 0 Å². The van der Waals surface area contributed by atoms with Crippen LogP contribution in [0, 0.1) is 5.82 Å². The number of benzene rings is 1. The lowest BCUT2D eigenvalue weighted by molar-refractivity contribution is -0.135. The van der Waals surface area contributed by atoms with Crippen molar-refractivity contribution in [1.29, 1.82) is 0 Å². The van der Waals surface area contributed by atoms with Gasteiger partial charge in [-0.2, -0.15) is 0 Å². The number of rotatable bonds is 4. The Morgan fingerprint density at radius 3 is 2.56 bits per heavy atom. The average Bonchev–Trinajstić information content (AvgIpc) is 2.55. The number of carbonyl (C=O) groups is 2. The molecule has 1 unspecified atom stereocenters. The minimum absolute atomic E-state index is 0.155. The van der Waals surface area contributed by atoms with Crippen LogP contribution < -0.4 is 5.32 Å². The number of likely N-dealkylation sites (N-methyl/N-ethyl adjacent to an activating group) is 1. The molecule has 150 valence electrons. The van der Waals surface area contributed by atoms with Crippen LogP contribution in [0.3, 0.4) is 0 Å². The first-order valence-corrected chi connectivity index (χ1v) is 9.27. The molecule has 1 aromatic carbocycles. The van der Waals surface area contributed by atoms with Gasteiger partial charge in [0.1, 0.15) is 17.5 Å². The van der Waals surface area contributed by atoms with Crippen molar-refractivity contribution < 1.29 is 18.7 Å². The summed E-state index contributed by atoms with van der Waals surface area (Å²) in [6, 6.07) is 5.48. The molecule has 2 rings (SSSR count). The molecule has 0 spiro atoms. The lowest BCUT2D eigenvalue weighted by atomic mass is 9.98. The number of piperidine rings is 1. The van der Waals surface area contributed by atoms with Crippen LogP contribution in [0.5, 0.6) is 0 Å². The fraction of sp³-hybridized carbons (Fsp3) is 0.600. The van der Waals surface area contributed by atoms with Crippen LogP contribution in [-0.2, 0) is 9.53 Å². The van der Waals surface area contributed by atoms with Crippen LogP contribution in [0.2, 0.25) is 0 Å². The summed E-state index contributed by atoms with van der Waals surface area (Å²) in [6.45, 7) is 6.54. The van der Waals surface area contributed by atoms with Crippen LogP contribution >= 0.6 is 0 Å². The third-order valence-electron chi connectivity index (χ3n) is 4.41. The number of ether oxygens (including phenoxy) is 1. The summed E-state index contributed by atoms with van der Waals surface area (Å²) in [5.74, 6) is -0.585. The first kappa shape index (κ1) is 21.2. The van der Waals surface area contributed by atoms with Gasteiger partial charge in [-0.15, -0.1) is 0 Å². The molecule has 0 saturated carbocycles. The zero-order valence-corrected chi connectivity index (χ0v) is 16.8. The highest BCUT2D eigenvalue weighted by Gasteiger charge is 2.35. The van der Waals surface area contributed by atoms with Crippen molar-refractivity contribution in [3.05, 3.63) is 35.6 Å². The molecule has 1 aliphatic heterocycles. The van der Waals surface area contributed by atoms with E-state index in [1.807, 2.05) is 25.7 Å². The molecule has 27 heavy (non-hydrogen) atoms. The monoisotopic (exact) mass is 379 g/mol. The first-order chi connectivity index (χ1) is 12.6. The quantitative estimate of drug-likeness (QED) is 0.874. The van der Waals surface area contributed by atoms with Crippen molar-refractivity contribution in [2.24, 2.45) is 0 Å². The van der Waals surface area contributed by atoms with Crippen molar-refractivity contribution in [2.45, 2.75) is 51.3 Å². The van der Waals surface area contributed by atoms with E-state index in [1.54, 1.807) is 32.3 Å². The molecular weight excluding hydrogens is 349 g/mol. The lowest BCUT2D eigenvalue weighted by Crippen LogP contribution is -2.52. The van der Waals surface area contributed by atoms with Crippen molar-refractivity contribution in [3.63, 3.8) is 0 Å². The van der Waals surface area contributed by atoms with Crippen molar-refractivity contribution in [2.75, 3.05) is 27.2 Å². The van der Waals surface area contributed by atoms with Crippen LogP contribution in [0.1, 0.15) is 45.2 Å². The van der Waals surface area contributed by atoms with Crippen LogP contribution in [-0.4, -0.2) is 60.6 Å². The van der Waals surface area contributed by atoms with Gasteiger partial charge in [0.2, 0.25) is 5.91 Å². The summed E-state index contributed by atoms with van der Waals surface area (Å²) in [5, 5.41) is 2.87. The molecule has 6 nitrogen and oxygen atoms in total. The molecule has 0 aliphatic carbocycles. The predicted molar refractivity (Wildman–Crippen MR) is 102 cm³/mol. The summed E-state index contributed by atoms with van der Waals surface area (Å²) in [5.41, 5.74) is -0.219. The van der Waals surface area contributed by atoms with E-state index in [1.165, 1.54) is 11.0 Å². The molecule has 1 N–H and O–H groups in total. The minimum Gasteiger partial charge on any atom is -0.444 e. The molecular formula is C20H30FN3O3. The molecule has 0 radical (unpaired) electrons. The van der Waals surface area contributed by atoms with Crippen molar-refractivity contribution in [1.82, 2.24) is 15.1 Å². The third kappa shape index (κ3) is 5.92. The summed E-state index contributed by atoms with van der Waals surface area (Å²) in [7, 11) is 3.33. The van der Waals surface area contributed by atoms with Crippen LogP contribution in [0.4, 0.5) is 9.18 Å². The number of carbonyl (C=O) groups excluding carboxylic acids is 2. The minimum atomic E-state index is -0.718. The van der Waals surface area contributed by atoms with Gasteiger partial charge in [-0.05, 0) is 46.2 Å². The number of alkyl carbamates (subject to hydrolysis) is 1. The molecule has 1 aromatic rings. The van der Waals surface area contributed by atoms with E-state index < -0.39 is 23.6 Å². The second kappa shape index (κ2) is 8.69. The average molecular weight is 379 g/mol. The molecule has 2 atom stereocenters. The van der Waals surface area contributed by atoms with Crippen LogP contribution in [0.15, 0.2) is 24.3 Å². The summed E-state index contributed by atoms with van der Waals surface area (Å²) < 4.78 is 19.7. The molecule has 1 heterocycles. The number of hydrogen-bond acceptors (Lipinski definition) is 4. The second-order valence-corrected chi connectivity index (χ2v) is 8.14. The normalized spacial score (nSPS) is 19.3. The van der Waals surface area contributed by atoms with E-state index in [2.05, 4.69) is 5.32 Å². The Balaban J connectivity index is 2.17. The zero-order valence-electron chi connectivity index (χ0n) is 16.8. The number of hydrogen-bond donors (Lipinski definition) is 1. The smallest absolute Gasteiger partial charge is 0.407 e. The second-order valence-electron chi connectivity index (χ2n) is 8.14. The zero-order chi connectivity index (χ0) is 20.2. The van der Waals surface area contributed by atoms with E-state index in [0.717, 1.165) is 12.8 Å². The Bertz CT molecular complexity index is 673. The number of nitrogens with zero attached hydrogens (tertiary/aromatic N) is 2. The number of likely N-dealkylation sites (tertiary alicyclic amines) is 1. The van der Waals surface area contributed by atoms with Crippen molar-refractivity contribution >= 4 is 12.0 Å². The third-order valence-corrected chi connectivity index (χ3v) is 4.41. The highest BCUT2D eigenvalue weighted by Crippen LogP contribution is 2.28. The summed E-state index contributed by atoms with van der Waals surface area (Å²) in [6.07, 6.45) is 1.11. The number of amides is 2. The van der Waals surface area contributed by atoms with Gasteiger partial charge in [-0.25, -0.2) is 9.18 Å². The van der Waals surface area contributed by atoms with Gasteiger partial charge in [-0.1, -0.05) is 18.2 Å². The lowest BCUT2D eigenvalue weighted by Gasteiger charge is -2.39. The topological polar surface area (TPSA) is 61.9 Å². The fourth-order valence-electron chi connectivity index (χ4n) is 3.26. The van der Waals surface area contributed by atoms with Gasteiger partial charge < -0.3 is 15.0 Å². The fourth-order valence-corrected chi connectivity index (χ4v) is 3.26. The highest BCUT2D eigenvalue weighted by molar-refractivity contribution is 5.83. The molecule has 2 amide bonds. The predicted octanol–water partition coefficient (Wildman–Crippen LogP) is 2.94. The SMILES string of the molecule is CN(C)C(=O)C(c1ccccc1F)N1CCC[C@@H](NC(=O)OC(C)(C)C)C1. The maximum Gasteiger partial charge on any atom is 0.407 e. The van der Waals surface area contributed by atoms with E-state index in [-0.39, 0.29) is 11.9 Å². The van der Waals surface area contributed by atoms with Gasteiger partial charge in [0.15, 0.2) is 0 Å². The Morgan fingerprint density at radius 1 is 1.30 bits per heavy atom.